The minimum Gasteiger partial charge on any atom is -0.444 e. The topological polar surface area (TPSA) is 56.1 Å². The SMILES string of the molecule is CC(C)(C)OC(=O)Nc1cnn(CC(F)CF)c1. The summed E-state index contributed by atoms with van der Waals surface area (Å²) >= 11 is 0. The average Bonchev–Trinajstić information content (AvgIpc) is 2.62. The molecule has 7 heteroatoms. The van der Waals surface area contributed by atoms with Crippen LogP contribution in [-0.4, -0.2) is 34.3 Å². The van der Waals surface area contributed by atoms with Crippen molar-refractivity contribution >= 4 is 11.8 Å². The van der Waals surface area contributed by atoms with Gasteiger partial charge in [0.15, 0.2) is 0 Å². The summed E-state index contributed by atoms with van der Waals surface area (Å²) in [6.45, 7) is 3.97. The number of carbonyl (C=O) groups is 1. The lowest BCUT2D eigenvalue weighted by molar-refractivity contribution is 0.0636. The van der Waals surface area contributed by atoms with Crippen LogP contribution in [-0.2, 0) is 11.3 Å². The maximum atomic E-state index is 12.8. The molecule has 0 aliphatic heterocycles. The van der Waals surface area contributed by atoms with E-state index in [1.165, 1.54) is 17.1 Å². The molecule has 1 rings (SSSR count). The Morgan fingerprint density at radius 3 is 2.83 bits per heavy atom. The first-order chi connectivity index (χ1) is 8.30. The molecule has 0 saturated heterocycles. The number of alkyl halides is 2. The van der Waals surface area contributed by atoms with Crippen LogP contribution in [0, 0.1) is 0 Å². The predicted molar refractivity (Wildman–Crippen MR) is 63.0 cm³/mol. The maximum Gasteiger partial charge on any atom is 0.412 e. The standard InChI is InChI=1S/C11H17F2N3O2/c1-11(2,3)18-10(17)15-9-5-14-16(7-9)6-8(13)4-12/h5,7-8H,4,6H2,1-3H3,(H,15,17). The number of amides is 1. The highest BCUT2D eigenvalue weighted by Crippen LogP contribution is 2.11. The number of rotatable bonds is 4. The van der Waals surface area contributed by atoms with Gasteiger partial charge in [-0.1, -0.05) is 0 Å². The number of nitrogens with one attached hydrogen (secondary N) is 1. The molecule has 18 heavy (non-hydrogen) atoms. The summed E-state index contributed by atoms with van der Waals surface area (Å²) in [5.74, 6) is 0. The van der Waals surface area contributed by atoms with E-state index in [1.807, 2.05) is 0 Å². The average molecular weight is 261 g/mol. The molecule has 1 atom stereocenters. The minimum absolute atomic E-state index is 0.188. The second kappa shape index (κ2) is 5.79. The van der Waals surface area contributed by atoms with Crippen molar-refractivity contribution in [3.8, 4) is 0 Å². The Hall–Kier alpha value is -1.66. The summed E-state index contributed by atoms with van der Waals surface area (Å²) in [5, 5.41) is 6.24. The first-order valence-corrected chi connectivity index (χ1v) is 5.52. The second-order valence-electron chi connectivity index (χ2n) is 4.83. The van der Waals surface area contributed by atoms with Gasteiger partial charge in [0.25, 0.3) is 0 Å². The number of ether oxygens (including phenoxy) is 1. The van der Waals surface area contributed by atoms with Crippen molar-refractivity contribution in [1.29, 1.82) is 0 Å². The van der Waals surface area contributed by atoms with Gasteiger partial charge in [0, 0.05) is 6.20 Å². The molecular weight excluding hydrogens is 244 g/mol. The third-order valence-electron chi connectivity index (χ3n) is 1.83. The van der Waals surface area contributed by atoms with Crippen molar-refractivity contribution in [2.24, 2.45) is 0 Å². The van der Waals surface area contributed by atoms with Gasteiger partial charge in [-0.05, 0) is 20.8 Å². The monoisotopic (exact) mass is 261 g/mol. The highest BCUT2D eigenvalue weighted by Gasteiger charge is 2.16. The van der Waals surface area contributed by atoms with E-state index in [0.717, 1.165) is 0 Å². The van der Waals surface area contributed by atoms with E-state index in [1.54, 1.807) is 20.8 Å². The smallest absolute Gasteiger partial charge is 0.412 e. The lowest BCUT2D eigenvalue weighted by Gasteiger charge is -2.19. The minimum atomic E-state index is -1.60. The highest BCUT2D eigenvalue weighted by atomic mass is 19.2. The van der Waals surface area contributed by atoms with Gasteiger partial charge in [0.05, 0.1) is 18.4 Å². The Kier molecular flexibility index (Phi) is 4.63. The van der Waals surface area contributed by atoms with Crippen LogP contribution < -0.4 is 5.32 Å². The van der Waals surface area contributed by atoms with E-state index in [-0.39, 0.29) is 6.54 Å². The van der Waals surface area contributed by atoms with Crippen molar-refractivity contribution in [1.82, 2.24) is 9.78 Å². The van der Waals surface area contributed by atoms with E-state index >= 15 is 0 Å². The fraction of sp³-hybridized carbons (Fsp3) is 0.636. The molecule has 0 spiro atoms. The van der Waals surface area contributed by atoms with Crippen LogP contribution in [0.25, 0.3) is 0 Å². The number of anilines is 1. The van der Waals surface area contributed by atoms with E-state index in [0.29, 0.717) is 5.69 Å². The zero-order chi connectivity index (χ0) is 13.8. The number of carbonyl (C=O) groups excluding carboxylic acids is 1. The van der Waals surface area contributed by atoms with Gasteiger partial charge in [-0.3, -0.25) is 10.00 Å². The lowest BCUT2D eigenvalue weighted by atomic mass is 10.2. The van der Waals surface area contributed by atoms with E-state index in [9.17, 15) is 13.6 Å². The van der Waals surface area contributed by atoms with E-state index in [2.05, 4.69) is 10.4 Å². The van der Waals surface area contributed by atoms with Crippen molar-refractivity contribution in [2.45, 2.75) is 39.1 Å². The highest BCUT2D eigenvalue weighted by molar-refractivity contribution is 5.84. The van der Waals surface area contributed by atoms with E-state index in [4.69, 9.17) is 4.74 Å². The van der Waals surface area contributed by atoms with Crippen molar-refractivity contribution < 1.29 is 18.3 Å². The third kappa shape index (κ3) is 5.11. The Labute approximate surface area is 104 Å². The zero-order valence-electron chi connectivity index (χ0n) is 10.6. The van der Waals surface area contributed by atoms with Crippen LogP contribution in [0.4, 0.5) is 19.3 Å². The number of nitrogens with zero attached hydrogens (tertiary/aromatic N) is 2. The molecule has 0 aliphatic rings. The third-order valence-corrected chi connectivity index (χ3v) is 1.83. The van der Waals surface area contributed by atoms with Gasteiger partial charge in [0.2, 0.25) is 0 Å². The van der Waals surface area contributed by atoms with Crippen molar-refractivity contribution in [3.63, 3.8) is 0 Å². The fourth-order valence-corrected chi connectivity index (χ4v) is 1.20. The Morgan fingerprint density at radius 1 is 1.61 bits per heavy atom. The molecule has 0 saturated carbocycles. The van der Waals surface area contributed by atoms with Gasteiger partial charge < -0.3 is 4.74 Å². The normalized spacial score (nSPS) is 13.2. The van der Waals surface area contributed by atoms with Crippen LogP contribution in [0.15, 0.2) is 12.4 Å². The molecule has 1 aromatic heterocycles. The largest absolute Gasteiger partial charge is 0.444 e. The summed E-state index contributed by atoms with van der Waals surface area (Å²) in [5.41, 5.74) is -0.228. The van der Waals surface area contributed by atoms with Gasteiger partial charge in [-0.25, -0.2) is 13.6 Å². The summed E-state index contributed by atoms with van der Waals surface area (Å²) in [6, 6.07) is 0. The van der Waals surface area contributed by atoms with Crippen LogP contribution in [0.3, 0.4) is 0 Å². The van der Waals surface area contributed by atoms with Crippen molar-refractivity contribution in [3.05, 3.63) is 12.4 Å². The summed E-state index contributed by atoms with van der Waals surface area (Å²) < 4.78 is 31.0. The number of halogens is 2. The molecule has 1 heterocycles. The maximum absolute atomic E-state index is 12.8. The van der Waals surface area contributed by atoms with Gasteiger partial charge in [-0.15, -0.1) is 0 Å². The van der Waals surface area contributed by atoms with E-state index < -0.39 is 24.5 Å². The molecule has 1 amide bonds. The fourth-order valence-electron chi connectivity index (χ4n) is 1.20. The molecule has 0 aromatic carbocycles. The van der Waals surface area contributed by atoms with Gasteiger partial charge in [0.1, 0.15) is 18.4 Å². The van der Waals surface area contributed by atoms with Gasteiger partial charge in [-0.2, -0.15) is 5.10 Å². The number of hydrogen-bond donors (Lipinski definition) is 1. The first kappa shape index (κ1) is 14.4. The molecule has 1 aromatic rings. The van der Waals surface area contributed by atoms with Crippen LogP contribution >= 0.6 is 0 Å². The van der Waals surface area contributed by atoms with Crippen LogP contribution in [0.1, 0.15) is 20.8 Å². The number of hydrogen-bond acceptors (Lipinski definition) is 3. The van der Waals surface area contributed by atoms with Crippen LogP contribution in [0.2, 0.25) is 0 Å². The molecule has 5 nitrogen and oxygen atoms in total. The first-order valence-electron chi connectivity index (χ1n) is 5.52. The molecule has 0 radical (unpaired) electrons. The molecular formula is C11H17F2N3O2. The zero-order valence-corrected chi connectivity index (χ0v) is 10.6. The van der Waals surface area contributed by atoms with Gasteiger partial charge >= 0.3 is 6.09 Å². The lowest BCUT2D eigenvalue weighted by Crippen LogP contribution is -2.27. The quantitative estimate of drug-likeness (QED) is 0.906. The second-order valence-corrected chi connectivity index (χ2v) is 4.83. The molecule has 0 fully saturated rings. The summed E-state index contributed by atoms with van der Waals surface area (Å²) in [4.78, 5) is 11.4. The molecule has 1 N–H and O–H groups in total. The molecule has 102 valence electrons. The Morgan fingerprint density at radius 2 is 2.28 bits per heavy atom. The molecule has 0 aliphatic carbocycles. The molecule has 0 bridgehead atoms. The summed E-state index contributed by atoms with van der Waals surface area (Å²) in [6.07, 6.45) is 0.532. The van der Waals surface area contributed by atoms with Crippen LogP contribution in [0.5, 0.6) is 0 Å². The Bertz CT molecular complexity index is 401. The predicted octanol–water partition coefficient (Wildman–Crippen LogP) is 2.54. The summed E-state index contributed by atoms with van der Waals surface area (Å²) in [7, 11) is 0. The van der Waals surface area contributed by atoms with Crippen molar-refractivity contribution in [2.75, 3.05) is 12.0 Å². The Balaban J connectivity index is 2.51. The molecule has 1 unspecified atom stereocenters. The number of aromatic nitrogens is 2.